The number of nitrogens with one attached hydrogen (secondary N) is 2. The van der Waals surface area contributed by atoms with Crippen molar-refractivity contribution >= 4 is 23.1 Å². The van der Waals surface area contributed by atoms with Gasteiger partial charge in [0.1, 0.15) is 11.5 Å². The zero-order valence-corrected chi connectivity index (χ0v) is 15.1. The van der Waals surface area contributed by atoms with Crippen LogP contribution in [-0.4, -0.2) is 27.3 Å². The molecule has 4 aromatic rings. The Morgan fingerprint density at radius 3 is 2.48 bits per heavy atom. The first kappa shape index (κ1) is 16.8. The molecule has 0 bridgehead atoms. The molecule has 0 saturated carbocycles. The van der Waals surface area contributed by atoms with Gasteiger partial charge in [-0.05, 0) is 31.2 Å². The Balaban J connectivity index is 1.77. The van der Waals surface area contributed by atoms with E-state index in [-0.39, 0.29) is 5.91 Å². The van der Waals surface area contributed by atoms with Crippen LogP contribution in [0.5, 0.6) is 0 Å². The Hall–Kier alpha value is -3.67. The molecular weight excluding hydrogens is 338 g/mol. The topological polar surface area (TPSA) is 71.3 Å². The Morgan fingerprint density at radius 2 is 1.78 bits per heavy atom. The van der Waals surface area contributed by atoms with E-state index in [9.17, 15) is 4.79 Å². The van der Waals surface area contributed by atoms with E-state index in [0.29, 0.717) is 5.56 Å². The maximum absolute atomic E-state index is 11.7. The molecule has 2 heterocycles. The summed E-state index contributed by atoms with van der Waals surface area (Å²) in [7, 11) is 1.62. The number of aromatic nitrogens is 3. The summed E-state index contributed by atoms with van der Waals surface area (Å²) >= 11 is 0. The fraction of sp³-hybridized carbons (Fsp3) is 0.0952. The van der Waals surface area contributed by atoms with E-state index in [1.165, 1.54) is 5.56 Å². The molecule has 0 aliphatic carbocycles. The van der Waals surface area contributed by atoms with E-state index >= 15 is 0 Å². The number of amides is 1. The molecule has 2 aromatic heterocycles. The minimum absolute atomic E-state index is 0.109. The maximum atomic E-state index is 11.7. The third kappa shape index (κ3) is 3.25. The molecule has 0 saturated heterocycles. The number of hydrogen-bond donors (Lipinski definition) is 2. The van der Waals surface area contributed by atoms with Gasteiger partial charge >= 0.3 is 0 Å². The summed E-state index contributed by atoms with van der Waals surface area (Å²) < 4.78 is 1.97. The van der Waals surface area contributed by atoms with Crippen LogP contribution in [0.1, 0.15) is 15.9 Å². The van der Waals surface area contributed by atoms with Crippen LogP contribution in [0, 0.1) is 6.92 Å². The molecule has 2 aromatic carbocycles. The van der Waals surface area contributed by atoms with Crippen molar-refractivity contribution in [3.63, 3.8) is 0 Å². The highest BCUT2D eigenvalue weighted by Crippen LogP contribution is 2.31. The number of carbonyl (C=O) groups is 1. The fourth-order valence-electron chi connectivity index (χ4n) is 2.92. The normalized spacial score (nSPS) is 10.7. The number of aryl methyl sites for hydroxylation is 1. The number of fused-ring (bicyclic) bond motifs is 1. The van der Waals surface area contributed by atoms with Gasteiger partial charge in [0.25, 0.3) is 5.91 Å². The quantitative estimate of drug-likeness (QED) is 0.583. The average molecular weight is 357 g/mol. The third-order valence-corrected chi connectivity index (χ3v) is 4.39. The molecule has 0 aliphatic heterocycles. The van der Waals surface area contributed by atoms with Gasteiger partial charge in [-0.15, -0.1) is 0 Å². The molecular formula is C21H19N5O. The number of nitrogens with zero attached hydrogens (tertiary/aromatic N) is 3. The molecule has 6 heteroatoms. The van der Waals surface area contributed by atoms with Crippen LogP contribution in [-0.2, 0) is 0 Å². The van der Waals surface area contributed by atoms with Crippen molar-refractivity contribution in [2.24, 2.45) is 0 Å². The van der Waals surface area contributed by atoms with Crippen LogP contribution >= 0.6 is 0 Å². The van der Waals surface area contributed by atoms with Gasteiger partial charge in [0.15, 0.2) is 5.65 Å². The van der Waals surface area contributed by atoms with Crippen molar-refractivity contribution in [1.82, 2.24) is 19.7 Å². The molecule has 4 rings (SSSR count). The Bertz CT molecular complexity index is 1100. The monoisotopic (exact) mass is 357 g/mol. The standard InChI is InChI=1S/C21H19N5O/c1-14-3-5-15(6-4-14)19-20(26-12-11-23-13-18(26)25-19)24-17-9-7-16(8-10-17)21(27)22-2/h3-13,24H,1-2H3,(H,22,27). The molecule has 0 atom stereocenters. The minimum Gasteiger partial charge on any atom is -0.355 e. The molecule has 0 fully saturated rings. The lowest BCUT2D eigenvalue weighted by Gasteiger charge is -2.10. The van der Waals surface area contributed by atoms with Gasteiger partial charge in [-0.25, -0.2) is 4.98 Å². The van der Waals surface area contributed by atoms with Gasteiger partial charge in [0, 0.05) is 36.3 Å². The highest BCUT2D eigenvalue weighted by molar-refractivity contribution is 5.94. The second kappa shape index (κ2) is 6.92. The predicted octanol–water partition coefficient (Wildman–Crippen LogP) is 3.81. The van der Waals surface area contributed by atoms with Gasteiger partial charge < -0.3 is 10.6 Å². The van der Waals surface area contributed by atoms with Crippen molar-refractivity contribution in [2.45, 2.75) is 6.92 Å². The van der Waals surface area contributed by atoms with Crippen molar-refractivity contribution in [3.8, 4) is 11.3 Å². The SMILES string of the molecule is CNC(=O)c1ccc(Nc2c(-c3ccc(C)cc3)nc3cnccn23)cc1. The first-order valence-corrected chi connectivity index (χ1v) is 8.64. The lowest BCUT2D eigenvalue weighted by Crippen LogP contribution is -2.17. The van der Waals surface area contributed by atoms with Crippen LogP contribution in [0.15, 0.2) is 67.1 Å². The summed E-state index contributed by atoms with van der Waals surface area (Å²) in [5.74, 6) is 0.742. The van der Waals surface area contributed by atoms with Gasteiger partial charge in [0.2, 0.25) is 0 Å². The number of anilines is 2. The lowest BCUT2D eigenvalue weighted by molar-refractivity contribution is 0.0963. The highest BCUT2D eigenvalue weighted by atomic mass is 16.1. The van der Waals surface area contributed by atoms with Crippen LogP contribution < -0.4 is 10.6 Å². The third-order valence-electron chi connectivity index (χ3n) is 4.39. The minimum atomic E-state index is -0.109. The molecule has 0 radical (unpaired) electrons. The van der Waals surface area contributed by atoms with E-state index in [2.05, 4.69) is 46.8 Å². The summed E-state index contributed by atoms with van der Waals surface area (Å²) in [5.41, 5.74) is 5.31. The Labute approximate surface area is 156 Å². The van der Waals surface area contributed by atoms with Gasteiger partial charge in [-0.1, -0.05) is 29.8 Å². The molecule has 0 unspecified atom stereocenters. The smallest absolute Gasteiger partial charge is 0.251 e. The van der Waals surface area contributed by atoms with Crippen LogP contribution in [0.3, 0.4) is 0 Å². The molecule has 0 spiro atoms. The fourth-order valence-corrected chi connectivity index (χ4v) is 2.92. The molecule has 27 heavy (non-hydrogen) atoms. The second-order valence-electron chi connectivity index (χ2n) is 6.26. The van der Waals surface area contributed by atoms with Crippen LogP contribution in [0.4, 0.5) is 11.5 Å². The number of benzene rings is 2. The first-order valence-electron chi connectivity index (χ1n) is 8.64. The molecule has 0 aliphatic rings. The Kier molecular flexibility index (Phi) is 4.30. The highest BCUT2D eigenvalue weighted by Gasteiger charge is 2.14. The van der Waals surface area contributed by atoms with Crippen LogP contribution in [0.25, 0.3) is 16.9 Å². The summed E-state index contributed by atoms with van der Waals surface area (Å²) in [6, 6.07) is 15.6. The Morgan fingerprint density at radius 1 is 1.04 bits per heavy atom. The molecule has 6 nitrogen and oxygen atoms in total. The number of carbonyl (C=O) groups excluding carboxylic acids is 1. The van der Waals surface area contributed by atoms with E-state index in [0.717, 1.165) is 28.4 Å². The van der Waals surface area contributed by atoms with Crippen molar-refractivity contribution in [2.75, 3.05) is 12.4 Å². The summed E-state index contributed by atoms with van der Waals surface area (Å²) in [5, 5.41) is 6.06. The van der Waals surface area contributed by atoms with Crippen molar-refractivity contribution in [1.29, 1.82) is 0 Å². The largest absolute Gasteiger partial charge is 0.355 e. The number of rotatable bonds is 4. The lowest BCUT2D eigenvalue weighted by atomic mass is 10.1. The summed E-state index contributed by atoms with van der Waals surface area (Å²) in [4.78, 5) is 20.6. The number of hydrogen-bond acceptors (Lipinski definition) is 4. The van der Waals surface area contributed by atoms with E-state index < -0.39 is 0 Å². The summed E-state index contributed by atoms with van der Waals surface area (Å²) in [6.07, 6.45) is 5.34. The average Bonchev–Trinajstić information content (AvgIpc) is 3.07. The second-order valence-corrected chi connectivity index (χ2v) is 6.26. The van der Waals surface area contributed by atoms with Crippen molar-refractivity contribution in [3.05, 3.63) is 78.2 Å². The number of imidazole rings is 1. The zero-order chi connectivity index (χ0) is 18.8. The van der Waals surface area contributed by atoms with Gasteiger partial charge in [0.05, 0.1) is 6.20 Å². The van der Waals surface area contributed by atoms with E-state index in [1.807, 2.05) is 22.7 Å². The van der Waals surface area contributed by atoms with Gasteiger partial charge in [-0.3, -0.25) is 14.2 Å². The molecule has 2 N–H and O–H groups in total. The predicted molar refractivity (Wildman–Crippen MR) is 106 cm³/mol. The zero-order valence-electron chi connectivity index (χ0n) is 15.1. The summed E-state index contributed by atoms with van der Waals surface area (Å²) in [6.45, 7) is 2.06. The van der Waals surface area contributed by atoms with E-state index in [4.69, 9.17) is 4.98 Å². The van der Waals surface area contributed by atoms with Crippen molar-refractivity contribution < 1.29 is 4.79 Å². The van der Waals surface area contributed by atoms with Crippen LogP contribution in [0.2, 0.25) is 0 Å². The van der Waals surface area contributed by atoms with Gasteiger partial charge in [-0.2, -0.15) is 0 Å². The molecule has 134 valence electrons. The van der Waals surface area contributed by atoms with E-state index in [1.54, 1.807) is 31.6 Å². The first-order chi connectivity index (χ1) is 13.2. The molecule has 1 amide bonds. The maximum Gasteiger partial charge on any atom is 0.251 e.